The summed E-state index contributed by atoms with van der Waals surface area (Å²) in [7, 11) is 4.56. The van der Waals surface area contributed by atoms with Gasteiger partial charge in [-0.15, -0.1) is 0 Å². The molecule has 2 N–H and O–H groups in total. The lowest BCUT2D eigenvalue weighted by atomic mass is 10.2. The molecule has 0 aliphatic carbocycles. The maximum atomic E-state index is 11.8. The van der Waals surface area contributed by atoms with Crippen molar-refractivity contribution in [1.29, 1.82) is 0 Å². The number of likely N-dealkylation sites (N-methyl/N-ethyl adjacent to an activating group) is 2. The minimum atomic E-state index is -1.07. The van der Waals surface area contributed by atoms with Gasteiger partial charge in [-0.25, -0.2) is 9.59 Å². The van der Waals surface area contributed by atoms with Crippen molar-refractivity contribution in [3.05, 3.63) is 0 Å². The van der Waals surface area contributed by atoms with Crippen LogP contribution in [0.2, 0.25) is 0 Å². The second-order valence-corrected chi connectivity index (χ2v) is 4.28. The quantitative estimate of drug-likeness (QED) is 0.725. The van der Waals surface area contributed by atoms with Gasteiger partial charge in [-0.05, 0) is 13.3 Å². The molecule has 0 aliphatic heterocycles. The molecule has 0 bridgehead atoms. The zero-order valence-electron chi connectivity index (χ0n) is 11.4. The van der Waals surface area contributed by atoms with Crippen molar-refractivity contribution in [3.63, 3.8) is 0 Å². The summed E-state index contributed by atoms with van der Waals surface area (Å²) in [5.74, 6) is -1.32. The molecule has 7 heteroatoms. The third-order valence-corrected chi connectivity index (χ3v) is 2.61. The number of carboxylic acids is 1. The number of carbonyl (C=O) groups excluding carboxylic acids is 2. The second kappa shape index (κ2) is 6.83. The van der Waals surface area contributed by atoms with Gasteiger partial charge in [0.1, 0.15) is 12.1 Å². The second-order valence-electron chi connectivity index (χ2n) is 4.28. The standard InChI is InChI=1S/C11H21N3O4/c1-6-8(10(16)17)14(5)11(18)12-7(2)9(15)13(3)4/h7-8H,6H2,1-5H3,(H,12,18)(H,16,17). The molecule has 2 atom stereocenters. The van der Waals surface area contributed by atoms with Crippen molar-refractivity contribution >= 4 is 17.9 Å². The molecular formula is C11H21N3O4. The summed E-state index contributed by atoms with van der Waals surface area (Å²) in [4.78, 5) is 36.7. The number of aliphatic carboxylic acids is 1. The fourth-order valence-electron chi connectivity index (χ4n) is 1.49. The third kappa shape index (κ3) is 4.23. The van der Waals surface area contributed by atoms with Gasteiger partial charge in [0.15, 0.2) is 0 Å². The van der Waals surface area contributed by atoms with Crippen molar-refractivity contribution < 1.29 is 19.5 Å². The summed E-state index contributed by atoms with van der Waals surface area (Å²) >= 11 is 0. The maximum absolute atomic E-state index is 11.8. The minimum absolute atomic E-state index is 0.250. The van der Waals surface area contributed by atoms with Crippen molar-refractivity contribution in [3.8, 4) is 0 Å². The van der Waals surface area contributed by atoms with Gasteiger partial charge in [-0.1, -0.05) is 6.92 Å². The molecule has 0 rings (SSSR count). The van der Waals surface area contributed by atoms with Crippen LogP contribution in [0.15, 0.2) is 0 Å². The third-order valence-electron chi connectivity index (χ3n) is 2.61. The Balaban J connectivity index is 4.58. The van der Waals surface area contributed by atoms with Crippen molar-refractivity contribution in [2.24, 2.45) is 0 Å². The summed E-state index contributed by atoms with van der Waals surface area (Å²) in [5.41, 5.74) is 0. The highest BCUT2D eigenvalue weighted by molar-refractivity contribution is 5.88. The average Bonchev–Trinajstić information content (AvgIpc) is 2.27. The molecule has 0 fully saturated rings. The van der Waals surface area contributed by atoms with E-state index in [2.05, 4.69) is 5.32 Å². The number of nitrogens with one attached hydrogen (secondary N) is 1. The molecule has 0 saturated carbocycles. The van der Waals surface area contributed by atoms with E-state index in [1.54, 1.807) is 27.9 Å². The highest BCUT2D eigenvalue weighted by atomic mass is 16.4. The topological polar surface area (TPSA) is 90.0 Å². The van der Waals surface area contributed by atoms with Crippen LogP contribution in [0.4, 0.5) is 4.79 Å². The normalized spacial score (nSPS) is 13.4. The van der Waals surface area contributed by atoms with Gasteiger partial charge in [0.05, 0.1) is 0 Å². The number of amides is 3. The molecule has 7 nitrogen and oxygen atoms in total. The van der Waals surface area contributed by atoms with Gasteiger partial charge in [0.2, 0.25) is 5.91 Å². The number of urea groups is 1. The van der Waals surface area contributed by atoms with Crippen LogP contribution in [0.5, 0.6) is 0 Å². The Kier molecular flexibility index (Phi) is 6.15. The molecule has 0 aromatic carbocycles. The summed E-state index contributed by atoms with van der Waals surface area (Å²) in [5, 5.41) is 11.4. The van der Waals surface area contributed by atoms with Gasteiger partial charge in [-0.2, -0.15) is 0 Å². The van der Waals surface area contributed by atoms with Crippen LogP contribution in [0.25, 0.3) is 0 Å². The highest BCUT2D eigenvalue weighted by Gasteiger charge is 2.26. The van der Waals surface area contributed by atoms with Crippen LogP contribution in [-0.4, -0.2) is 66.0 Å². The fraction of sp³-hybridized carbons (Fsp3) is 0.727. The summed E-state index contributed by atoms with van der Waals surface area (Å²) in [6, 6.07) is -2.17. The van der Waals surface area contributed by atoms with E-state index in [9.17, 15) is 14.4 Å². The van der Waals surface area contributed by atoms with Crippen LogP contribution < -0.4 is 5.32 Å². The Morgan fingerprint density at radius 2 is 1.72 bits per heavy atom. The van der Waals surface area contributed by atoms with Gasteiger partial charge in [0, 0.05) is 21.1 Å². The van der Waals surface area contributed by atoms with Crippen molar-refractivity contribution in [2.75, 3.05) is 21.1 Å². The van der Waals surface area contributed by atoms with Crippen LogP contribution >= 0.6 is 0 Å². The van der Waals surface area contributed by atoms with E-state index < -0.39 is 24.1 Å². The lowest BCUT2D eigenvalue weighted by Crippen LogP contribution is -2.52. The van der Waals surface area contributed by atoms with Gasteiger partial charge in [0.25, 0.3) is 0 Å². The Morgan fingerprint density at radius 1 is 1.22 bits per heavy atom. The molecule has 0 aliphatic rings. The molecule has 0 heterocycles. The first kappa shape index (κ1) is 16.2. The predicted octanol–water partition coefficient (Wildman–Crippen LogP) is -0.0323. The van der Waals surface area contributed by atoms with E-state index in [0.717, 1.165) is 4.90 Å². The lowest BCUT2D eigenvalue weighted by molar-refractivity contribution is -0.141. The van der Waals surface area contributed by atoms with Crippen LogP contribution in [0.1, 0.15) is 20.3 Å². The number of carbonyl (C=O) groups is 3. The zero-order valence-corrected chi connectivity index (χ0v) is 11.4. The van der Waals surface area contributed by atoms with E-state index in [4.69, 9.17) is 5.11 Å². The van der Waals surface area contributed by atoms with E-state index in [1.807, 2.05) is 0 Å². The first-order valence-electron chi connectivity index (χ1n) is 5.69. The van der Waals surface area contributed by atoms with E-state index in [-0.39, 0.29) is 5.91 Å². The molecule has 2 unspecified atom stereocenters. The Labute approximate surface area is 107 Å². The number of hydrogen-bond acceptors (Lipinski definition) is 3. The summed E-state index contributed by atoms with van der Waals surface area (Å²) < 4.78 is 0. The number of nitrogens with zero attached hydrogens (tertiary/aromatic N) is 2. The molecule has 18 heavy (non-hydrogen) atoms. The molecular weight excluding hydrogens is 238 g/mol. The molecule has 0 spiro atoms. The highest BCUT2D eigenvalue weighted by Crippen LogP contribution is 2.03. The molecule has 0 aromatic rings. The monoisotopic (exact) mass is 259 g/mol. The Morgan fingerprint density at radius 3 is 2.06 bits per heavy atom. The molecule has 0 radical (unpaired) electrons. The first-order chi connectivity index (χ1) is 8.22. The lowest BCUT2D eigenvalue weighted by Gasteiger charge is -2.26. The number of carboxylic acid groups (broad SMARTS) is 1. The average molecular weight is 259 g/mol. The summed E-state index contributed by atoms with van der Waals surface area (Å²) in [6.07, 6.45) is 0.301. The SMILES string of the molecule is CCC(C(=O)O)N(C)C(=O)NC(C)C(=O)N(C)C. The van der Waals surface area contributed by atoms with Gasteiger partial charge < -0.3 is 20.2 Å². The van der Waals surface area contributed by atoms with Gasteiger partial charge >= 0.3 is 12.0 Å². The molecule has 0 saturated heterocycles. The van der Waals surface area contributed by atoms with E-state index >= 15 is 0 Å². The van der Waals surface area contributed by atoms with Crippen molar-refractivity contribution in [2.45, 2.75) is 32.4 Å². The van der Waals surface area contributed by atoms with Crippen LogP contribution in [-0.2, 0) is 9.59 Å². The largest absolute Gasteiger partial charge is 0.480 e. The number of hydrogen-bond donors (Lipinski definition) is 2. The Hall–Kier alpha value is -1.79. The van der Waals surface area contributed by atoms with Crippen LogP contribution in [0.3, 0.4) is 0 Å². The first-order valence-corrected chi connectivity index (χ1v) is 5.69. The van der Waals surface area contributed by atoms with E-state index in [0.29, 0.717) is 6.42 Å². The smallest absolute Gasteiger partial charge is 0.326 e. The molecule has 0 aromatic heterocycles. The maximum Gasteiger partial charge on any atom is 0.326 e. The van der Waals surface area contributed by atoms with Gasteiger partial charge in [-0.3, -0.25) is 4.79 Å². The summed E-state index contributed by atoms with van der Waals surface area (Å²) in [6.45, 7) is 3.23. The minimum Gasteiger partial charge on any atom is -0.480 e. The zero-order chi connectivity index (χ0) is 14.5. The van der Waals surface area contributed by atoms with E-state index in [1.165, 1.54) is 11.9 Å². The van der Waals surface area contributed by atoms with Crippen molar-refractivity contribution in [1.82, 2.24) is 15.1 Å². The number of rotatable bonds is 5. The molecule has 104 valence electrons. The Bertz CT molecular complexity index is 330. The molecule has 3 amide bonds. The fourth-order valence-corrected chi connectivity index (χ4v) is 1.49. The predicted molar refractivity (Wildman–Crippen MR) is 66.2 cm³/mol. The van der Waals surface area contributed by atoms with Crippen LogP contribution in [0, 0.1) is 0 Å².